The molecule has 3 rings (SSSR count). The van der Waals surface area contributed by atoms with Crippen molar-refractivity contribution in [1.29, 1.82) is 0 Å². The molecule has 26 heavy (non-hydrogen) atoms. The Kier molecular flexibility index (Phi) is 6.34. The summed E-state index contributed by atoms with van der Waals surface area (Å²) in [6.45, 7) is 2.30. The number of Topliss-reactive ketones (excluding diaryl/α,β-unsaturated/α-hetero) is 1. The van der Waals surface area contributed by atoms with Crippen LogP contribution in [0.1, 0.15) is 35.2 Å². The van der Waals surface area contributed by atoms with Crippen molar-refractivity contribution in [3.63, 3.8) is 0 Å². The highest BCUT2D eigenvalue weighted by molar-refractivity contribution is 5.97. The number of hydrogen-bond acceptors (Lipinski definition) is 4. The molecule has 0 amide bonds. The highest BCUT2D eigenvalue weighted by atomic mass is 19.1. The number of hydrogen-bond donors (Lipinski definition) is 0. The molecular weight excluding hydrogens is 331 g/mol. The fourth-order valence-corrected chi connectivity index (χ4v) is 3.41. The van der Waals surface area contributed by atoms with E-state index in [0.29, 0.717) is 23.9 Å². The number of nitrogens with zero attached hydrogens (tertiary/aromatic N) is 2. The molecule has 1 aliphatic heterocycles. The summed E-state index contributed by atoms with van der Waals surface area (Å²) in [6, 6.07) is 9.78. The maximum absolute atomic E-state index is 13.0. The molecule has 0 unspecified atom stereocenters. The lowest BCUT2D eigenvalue weighted by Gasteiger charge is -2.31. The molecule has 0 spiro atoms. The van der Waals surface area contributed by atoms with E-state index in [1.54, 1.807) is 19.2 Å². The SMILES string of the molecule is COc1ccc(CCC2CCN(CC(=O)c3ccc(F)cc3)CC2)cn1. The van der Waals surface area contributed by atoms with Gasteiger partial charge in [0.2, 0.25) is 5.88 Å². The van der Waals surface area contributed by atoms with Crippen molar-refractivity contribution in [1.82, 2.24) is 9.88 Å². The van der Waals surface area contributed by atoms with Crippen LogP contribution < -0.4 is 4.74 Å². The lowest BCUT2D eigenvalue weighted by atomic mass is 9.90. The van der Waals surface area contributed by atoms with Crippen LogP contribution in [-0.4, -0.2) is 42.4 Å². The quantitative estimate of drug-likeness (QED) is 0.709. The van der Waals surface area contributed by atoms with Crippen LogP contribution in [-0.2, 0) is 6.42 Å². The number of pyridine rings is 1. The van der Waals surface area contributed by atoms with Gasteiger partial charge in [-0.05, 0) is 74.5 Å². The van der Waals surface area contributed by atoms with Crippen molar-refractivity contribution >= 4 is 5.78 Å². The van der Waals surface area contributed by atoms with Gasteiger partial charge in [-0.3, -0.25) is 9.69 Å². The Morgan fingerprint density at radius 1 is 1.19 bits per heavy atom. The third-order valence-corrected chi connectivity index (χ3v) is 5.09. The second-order valence-corrected chi connectivity index (χ2v) is 6.90. The summed E-state index contributed by atoms with van der Waals surface area (Å²) in [5.41, 5.74) is 1.82. The minimum atomic E-state index is -0.311. The van der Waals surface area contributed by atoms with Gasteiger partial charge in [0.25, 0.3) is 0 Å². The number of methoxy groups -OCH3 is 1. The zero-order valence-electron chi connectivity index (χ0n) is 15.2. The number of ether oxygens (including phenoxy) is 1. The van der Waals surface area contributed by atoms with E-state index in [0.717, 1.165) is 38.8 Å². The monoisotopic (exact) mass is 356 g/mol. The van der Waals surface area contributed by atoms with Gasteiger partial charge in [-0.15, -0.1) is 0 Å². The van der Waals surface area contributed by atoms with Crippen LogP contribution in [0.3, 0.4) is 0 Å². The minimum Gasteiger partial charge on any atom is -0.481 e. The molecule has 0 atom stereocenters. The molecule has 2 heterocycles. The maximum atomic E-state index is 13.0. The van der Waals surface area contributed by atoms with Gasteiger partial charge < -0.3 is 4.74 Å². The number of aryl methyl sites for hydroxylation is 1. The van der Waals surface area contributed by atoms with Crippen molar-refractivity contribution in [2.45, 2.75) is 25.7 Å². The first kappa shape index (κ1) is 18.5. The summed E-state index contributed by atoms with van der Waals surface area (Å²) in [7, 11) is 1.62. The van der Waals surface area contributed by atoms with Gasteiger partial charge in [-0.1, -0.05) is 6.07 Å². The molecular formula is C21H25FN2O2. The molecule has 5 heteroatoms. The number of carbonyl (C=O) groups excluding carboxylic acids is 1. The largest absolute Gasteiger partial charge is 0.481 e. The molecule has 0 bridgehead atoms. The van der Waals surface area contributed by atoms with Gasteiger partial charge in [0.15, 0.2) is 5.78 Å². The van der Waals surface area contributed by atoms with Crippen LogP contribution in [0.25, 0.3) is 0 Å². The summed E-state index contributed by atoms with van der Waals surface area (Å²) in [5, 5.41) is 0. The van der Waals surface area contributed by atoms with Crippen LogP contribution in [0.2, 0.25) is 0 Å². The molecule has 0 N–H and O–H groups in total. The van der Waals surface area contributed by atoms with Crippen molar-refractivity contribution in [2.24, 2.45) is 5.92 Å². The zero-order chi connectivity index (χ0) is 18.4. The van der Waals surface area contributed by atoms with E-state index in [9.17, 15) is 9.18 Å². The highest BCUT2D eigenvalue weighted by Crippen LogP contribution is 2.23. The second kappa shape index (κ2) is 8.90. The predicted octanol–water partition coefficient (Wildman–Crippen LogP) is 3.76. The third kappa shape index (κ3) is 5.11. The summed E-state index contributed by atoms with van der Waals surface area (Å²) in [6.07, 6.45) is 6.28. The maximum Gasteiger partial charge on any atom is 0.212 e. The van der Waals surface area contributed by atoms with Crippen LogP contribution in [0.5, 0.6) is 5.88 Å². The van der Waals surface area contributed by atoms with Crippen LogP contribution in [0.15, 0.2) is 42.6 Å². The van der Waals surface area contributed by atoms with E-state index in [1.807, 2.05) is 12.3 Å². The van der Waals surface area contributed by atoms with Crippen LogP contribution in [0.4, 0.5) is 4.39 Å². The normalized spacial score (nSPS) is 15.8. The lowest BCUT2D eigenvalue weighted by Crippen LogP contribution is -2.37. The van der Waals surface area contributed by atoms with E-state index in [-0.39, 0.29) is 11.6 Å². The Balaban J connectivity index is 1.40. The van der Waals surface area contributed by atoms with Crippen molar-refractivity contribution in [2.75, 3.05) is 26.7 Å². The van der Waals surface area contributed by atoms with Gasteiger partial charge in [-0.2, -0.15) is 0 Å². The number of rotatable bonds is 7. The molecule has 0 radical (unpaired) electrons. The standard InChI is InChI=1S/C21H25FN2O2/c1-26-21-9-4-17(14-23-21)3-2-16-10-12-24(13-11-16)15-20(25)18-5-7-19(22)8-6-18/h4-9,14,16H,2-3,10-13,15H2,1H3. The minimum absolute atomic E-state index is 0.0627. The smallest absolute Gasteiger partial charge is 0.212 e. The van der Waals surface area contributed by atoms with E-state index < -0.39 is 0 Å². The molecule has 1 aliphatic rings. The Labute approximate surface area is 154 Å². The molecule has 1 aromatic heterocycles. The molecule has 2 aromatic rings. The average Bonchev–Trinajstić information content (AvgIpc) is 2.68. The molecule has 4 nitrogen and oxygen atoms in total. The molecule has 0 aliphatic carbocycles. The van der Waals surface area contributed by atoms with E-state index in [2.05, 4.69) is 16.0 Å². The number of ketones is 1. The number of aromatic nitrogens is 1. The highest BCUT2D eigenvalue weighted by Gasteiger charge is 2.21. The summed E-state index contributed by atoms with van der Waals surface area (Å²) < 4.78 is 18.0. The number of carbonyl (C=O) groups is 1. The van der Waals surface area contributed by atoms with Crippen LogP contribution in [0, 0.1) is 11.7 Å². The molecule has 1 saturated heterocycles. The molecule has 1 fully saturated rings. The van der Waals surface area contributed by atoms with Gasteiger partial charge in [0, 0.05) is 17.8 Å². The fourth-order valence-electron chi connectivity index (χ4n) is 3.41. The van der Waals surface area contributed by atoms with E-state index in [1.165, 1.54) is 17.7 Å². The van der Waals surface area contributed by atoms with Gasteiger partial charge in [0.1, 0.15) is 5.82 Å². The third-order valence-electron chi connectivity index (χ3n) is 5.09. The first-order valence-electron chi connectivity index (χ1n) is 9.14. The second-order valence-electron chi connectivity index (χ2n) is 6.90. The van der Waals surface area contributed by atoms with Crippen LogP contribution >= 0.6 is 0 Å². The predicted molar refractivity (Wildman–Crippen MR) is 99.0 cm³/mol. The Morgan fingerprint density at radius 2 is 1.92 bits per heavy atom. The van der Waals surface area contributed by atoms with Gasteiger partial charge in [0.05, 0.1) is 13.7 Å². The summed E-state index contributed by atoms with van der Waals surface area (Å²) in [5.74, 6) is 1.09. The summed E-state index contributed by atoms with van der Waals surface area (Å²) >= 11 is 0. The first-order valence-corrected chi connectivity index (χ1v) is 9.14. The zero-order valence-corrected chi connectivity index (χ0v) is 15.2. The Morgan fingerprint density at radius 3 is 2.54 bits per heavy atom. The number of likely N-dealkylation sites (tertiary alicyclic amines) is 1. The van der Waals surface area contributed by atoms with Crippen molar-refractivity contribution in [3.8, 4) is 5.88 Å². The van der Waals surface area contributed by atoms with Gasteiger partial charge in [-0.25, -0.2) is 9.37 Å². The topological polar surface area (TPSA) is 42.4 Å². The molecule has 138 valence electrons. The Hall–Kier alpha value is -2.27. The average molecular weight is 356 g/mol. The first-order chi connectivity index (χ1) is 12.6. The van der Waals surface area contributed by atoms with E-state index in [4.69, 9.17) is 4.74 Å². The van der Waals surface area contributed by atoms with Gasteiger partial charge >= 0.3 is 0 Å². The number of benzene rings is 1. The number of halogens is 1. The van der Waals surface area contributed by atoms with Crippen molar-refractivity contribution < 1.29 is 13.9 Å². The number of piperidine rings is 1. The summed E-state index contributed by atoms with van der Waals surface area (Å²) in [4.78, 5) is 18.7. The molecule has 0 saturated carbocycles. The molecule has 1 aromatic carbocycles. The lowest BCUT2D eigenvalue weighted by molar-refractivity contribution is 0.0893. The fraction of sp³-hybridized carbons (Fsp3) is 0.429. The Bertz CT molecular complexity index is 708. The van der Waals surface area contributed by atoms with Crippen molar-refractivity contribution in [3.05, 3.63) is 59.5 Å². The van der Waals surface area contributed by atoms with E-state index >= 15 is 0 Å².